The lowest BCUT2D eigenvalue weighted by molar-refractivity contribution is 0.0985. The van der Waals surface area contributed by atoms with E-state index in [4.69, 9.17) is 14.5 Å². The molecule has 0 aliphatic rings. The van der Waals surface area contributed by atoms with E-state index in [1.165, 1.54) is 11.3 Å². The predicted octanol–water partition coefficient (Wildman–Crippen LogP) is 5.08. The number of rotatable bonds is 11. The number of anilines is 1. The van der Waals surface area contributed by atoms with Gasteiger partial charge in [-0.2, -0.15) is 0 Å². The van der Waals surface area contributed by atoms with Crippen molar-refractivity contribution in [1.82, 2.24) is 9.88 Å². The largest absolute Gasteiger partial charge is 0.494 e. The third-order valence-corrected chi connectivity index (χ3v) is 5.83. The summed E-state index contributed by atoms with van der Waals surface area (Å²) in [5, 5.41) is 0.678. The Morgan fingerprint density at radius 3 is 2.48 bits per heavy atom. The molecule has 1 amide bonds. The lowest BCUT2D eigenvalue weighted by atomic mass is 10.2. The average Bonchev–Trinajstić information content (AvgIpc) is 3.19. The number of fused-ring (bicyclic) bond motifs is 1. The van der Waals surface area contributed by atoms with Crippen LogP contribution in [0.3, 0.4) is 0 Å². The Bertz CT molecular complexity index is 985. The van der Waals surface area contributed by atoms with E-state index in [1.807, 2.05) is 63.5 Å². The molecule has 1 heterocycles. The molecule has 0 saturated heterocycles. The molecule has 0 aliphatic carbocycles. The second-order valence-corrected chi connectivity index (χ2v) is 8.53. The summed E-state index contributed by atoms with van der Waals surface area (Å²) in [6.45, 7) is 6.62. The molecule has 7 heteroatoms. The van der Waals surface area contributed by atoms with Gasteiger partial charge in [0, 0.05) is 18.7 Å². The van der Waals surface area contributed by atoms with Crippen molar-refractivity contribution >= 4 is 32.6 Å². The number of amides is 1. The molecule has 6 nitrogen and oxygen atoms in total. The minimum atomic E-state index is -0.0704. The van der Waals surface area contributed by atoms with Gasteiger partial charge in [0.05, 0.1) is 17.9 Å². The van der Waals surface area contributed by atoms with Crippen LogP contribution >= 0.6 is 11.3 Å². The number of aromatic nitrogens is 1. The molecule has 0 bridgehead atoms. The highest BCUT2D eigenvalue weighted by atomic mass is 32.1. The summed E-state index contributed by atoms with van der Waals surface area (Å²) in [6.07, 6.45) is 2.10. The fourth-order valence-electron chi connectivity index (χ4n) is 3.07. The first-order chi connectivity index (χ1) is 15.0. The fourth-order valence-corrected chi connectivity index (χ4v) is 4.07. The average molecular weight is 442 g/mol. The summed E-state index contributed by atoms with van der Waals surface area (Å²) in [5.41, 5.74) is 1.41. The second kappa shape index (κ2) is 11.1. The van der Waals surface area contributed by atoms with E-state index in [2.05, 4.69) is 11.8 Å². The molecule has 0 saturated carbocycles. The Hall–Kier alpha value is -2.64. The van der Waals surface area contributed by atoms with Crippen LogP contribution in [-0.4, -0.2) is 56.2 Å². The molecular weight excluding hydrogens is 410 g/mol. The highest BCUT2D eigenvalue weighted by Crippen LogP contribution is 2.34. The SMILES string of the molecule is CCCCOc1ccc(C(=O)N(CCN(C)C)c2nc3c(OCC)cccc3s2)cc1. The van der Waals surface area contributed by atoms with Gasteiger partial charge in [-0.25, -0.2) is 4.98 Å². The second-order valence-electron chi connectivity index (χ2n) is 7.52. The number of carbonyl (C=O) groups is 1. The molecule has 0 atom stereocenters. The van der Waals surface area contributed by atoms with Gasteiger partial charge in [0.1, 0.15) is 17.0 Å². The smallest absolute Gasteiger partial charge is 0.260 e. The Kier molecular flexibility index (Phi) is 8.26. The quantitative estimate of drug-likeness (QED) is 0.388. The Morgan fingerprint density at radius 2 is 1.81 bits per heavy atom. The van der Waals surface area contributed by atoms with Crippen LogP contribution in [0.4, 0.5) is 5.13 Å². The number of ether oxygens (including phenoxy) is 2. The van der Waals surface area contributed by atoms with Crippen LogP contribution in [0, 0.1) is 0 Å². The highest BCUT2D eigenvalue weighted by molar-refractivity contribution is 7.22. The molecule has 166 valence electrons. The van der Waals surface area contributed by atoms with Crippen molar-refractivity contribution in [3.63, 3.8) is 0 Å². The van der Waals surface area contributed by atoms with Gasteiger partial charge < -0.3 is 14.4 Å². The lowest BCUT2D eigenvalue weighted by Crippen LogP contribution is -2.36. The van der Waals surface area contributed by atoms with Gasteiger partial charge in [-0.3, -0.25) is 9.69 Å². The van der Waals surface area contributed by atoms with Gasteiger partial charge in [0.25, 0.3) is 5.91 Å². The lowest BCUT2D eigenvalue weighted by Gasteiger charge is -2.22. The number of para-hydroxylation sites is 1. The van der Waals surface area contributed by atoms with E-state index in [-0.39, 0.29) is 5.91 Å². The molecule has 0 spiro atoms. The van der Waals surface area contributed by atoms with Crippen molar-refractivity contribution in [2.45, 2.75) is 26.7 Å². The number of likely N-dealkylation sites (N-methyl/N-ethyl adjacent to an activating group) is 1. The molecule has 3 rings (SSSR count). The normalized spacial score (nSPS) is 11.1. The number of hydrogen-bond acceptors (Lipinski definition) is 6. The van der Waals surface area contributed by atoms with Crippen LogP contribution in [-0.2, 0) is 0 Å². The molecule has 0 unspecified atom stereocenters. The van der Waals surface area contributed by atoms with Crippen molar-refractivity contribution in [3.8, 4) is 11.5 Å². The van der Waals surface area contributed by atoms with Crippen LogP contribution < -0.4 is 14.4 Å². The van der Waals surface area contributed by atoms with Gasteiger partial charge in [-0.15, -0.1) is 0 Å². The van der Waals surface area contributed by atoms with E-state index >= 15 is 0 Å². The standard InChI is InChI=1S/C24H31N3O3S/c1-5-7-17-30-19-13-11-18(12-14-19)23(28)27(16-15-26(3)4)24-25-22-20(29-6-2)9-8-10-21(22)31-24/h8-14H,5-7,15-17H2,1-4H3. The third kappa shape index (κ3) is 5.95. The zero-order valence-corrected chi connectivity index (χ0v) is 19.6. The summed E-state index contributed by atoms with van der Waals surface area (Å²) >= 11 is 1.51. The highest BCUT2D eigenvalue weighted by Gasteiger charge is 2.22. The molecule has 3 aromatic rings. The monoisotopic (exact) mass is 441 g/mol. The van der Waals surface area contributed by atoms with Gasteiger partial charge in [0.15, 0.2) is 5.13 Å². The number of unbranched alkanes of at least 4 members (excludes halogenated alkanes) is 1. The summed E-state index contributed by atoms with van der Waals surface area (Å²) in [4.78, 5) is 22.0. The maximum Gasteiger partial charge on any atom is 0.260 e. The maximum absolute atomic E-state index is 13.4. The summed E-state index contributed by atoms with van der Waals surface area (Å²) < 4.78 is 12.5. The Balaban J connectivity index is 1.87. The molecule has 1 aromatic heterocycles. The zero-order valence-electron chi connectivity index (χ0n) is 18.8. The summed E-state index contributed by atoms with van der Waals surface area (Å²) in [5.74, 6) is 1.46. The first-order valence-electron chi connectivity index (χ1n) is 10.7. The van der Waals surface area contributed by atoms with E-state index in [9.17, 15) is 4.79 Å². The van der Waals surface area contributed by atoms with Crippen molar-refractivity contribution < 1.29 is 14.3 Å². The maximum atomic E-state index is 13.4. The van der Waals surface area contributed by atoms with Crippen molar-refractivity contribution in [3.05, 3.63) is 48.0 Å². The molecule has 2 aromatic carbocycles. The summed E-state index contributed by atoms with van der Waals surface area (Å²) in [6, 6.07) is 13.3. The van der Waals surface area contributed by atoms with E-state index < -0.39 is 0 Å². The first kappa shape index (κ1) is 23.0. The van der Waals surface area contributed by atoms with Crippen molar-refractivity contribution in [2.24, 2.45) is 0 Å². The van der Waals surface area contributed by atoms with Gasteiger partial charge >= 0.3 is 0 Å². The van der Waals surface area contributed by atoms with Crippen molar-refractivity contribution in [2.75, 3.05) is 45.3 Å². The number of hydrogen-bond donors (Lipinski definition) is 0. The van der Waals surface area contributed by atoms with Crippen LogP contribution in [0.1, 0.15) is 37.0 Å². The number of benzene rings is 2. The van der Waals surface area contributed by atoms with Gasteiger partial charge in [-0.1, -0.05) is 30.7 Å². The Morgan fingerprint density at radius 1 is 1.03 bits per heavy atom. The molecule has 0 fully saturated rings. The molecule has 0 N–H and O–H groups in total. The molecule has 0 aliphatic heterocycles. The topological polar surface area (TPSA) is 54.9 Å². The van der Waals surface area contributed by atoms with Crippen LogP contribution in [0.2, 0.25) is 0 Å². The van der Waals surface area contributed by atoms with Gasteiger partial charge in [-0.05, 0) is 63.8 Å². The molecule has 31 heavy (non-hydrogen) atoms. The predicted molar refractivity (Wildman–Crippen MR) is 128 cm³/mol. The summed E-state index contributed by atoms with van der Waals surface area (Å²) in [7, 11) is 3.99. The van der Waals surface area contributed by atoms with E-state index in [0.717, 1.165) is 41.1 Å². The number of carbonyl (C=O) groups excluding carboxylic acids is 1. The number of thiazole rings is 1. The Labute approximate surface area is 188 Å². The third-order valence-electron chi connectivity index (χ3n) is 4.79. The molecular formula is C24H31N3O3S. The van der Waals surface area contributed by atoms with Crippen LogP contribution in [0.15, 0.2) is 42.5 Å². The van der Waals surface area contributed by atoms with Crippen LogP contribution in [0.5, 0.6) is 11.5 Å². The molecule has 0 radical (unpaired) electrons. The van der Waals surface area contributed by atoms with Crippen molar-refractivity contribution in [1.29, 1.82) is 0 Å². The van der Waals surface area contributed by atoms with Crippen LogP contribution in [0.25, 0.3) is 10.2 Å². The fraction of sp³-hybridized carbons (Fsp3) is 0.417. The zero-order chi connectivity index (χ0) is 22.2. The van der Waals surface area contributed by atoms with E-state index in [0.29, 0.717) is 30.5 Å². The minimum absolute atomic E-state index is 0.0704. The van der Waals surface area contributed by atoms with E-state index in [1.54, 1.807) is 4.90 Å². The van der Waals surface area contributed by atoms with Gasteiger partial charge in [0.2, 0.25) is 0 Å². The first-order valence-corrected chi connectivity index (χ1v) is 11.6. The minimum Gasteiger partial charge on any atom is -0.494 e. The number of nitrogens with zero attached hydrogens (tertiary/aromatic N) is 3.